The van der Waals surface area contributed by atoms with Crippen molar-refractivity contribution in [2.75, 3.05) is 16.8 Å². The number of carbonyl (C=O) groups excluding carboxylic acids is 1. The molecular weight excluding hydrogens is 374 g/mol. The Kier molecular flexibility index (Phi) is 4.53. The van der Waals surface area contributed by atoms with Gasteiger partial charge < -0.3 is 10.2 Å². The lowest BCUT2D eigenvalue weighted by Crippen LogP contribution is -2.37. The van der Waals surface area contributed by atoms with Gasteiger partial charge in [0.05, 0.1) is 17.2 Å². The van der Waals surface area contributed by atoms with Gasteiger partial charge >= 0.3 is 0 Å². The second-order valence-electron chi connectivity index (χ2n) is 5.78. The third-order valence-corrected chi connectivity index (χ3v) is 4.78. The van der Waals surface area contributed by atoms with Crippen molar-refractivity contribution in [1.29, 1.82) is 0 Å². The van der Waals surface area contributed by atoms with Gasteiger partial charge in [0.2, 0.25) is 5.91 Å². The van der Waals surface area contributed by atoms with E-state index in [-0.39, 0.29) is 24.2 Å². The fourth-order valence-corrected chi connectivity index (χ4v) is 3.33. The van der Waals surface area contributed by atoms with E-state index in [1.807, 2.05) is 36.1 Å². The van der Waals surface area contributed by atoms with Crippen molar-refractivity contribution < 1.29 is 9.72 Å². The van der Waals surface area contributed by atoms with Crippen LogP contribution in [0.1, 0.15) is 12.5 Å². The number of nitro benzene ring substituents is 1. The van der Waals surface area contributed by atoms with Gasteiger partial charge in [0.15, 0.2) is 0 Å². The van der Waals surface area contributed by atoms with Crippen LogP contribution < -0.4 is 10.2 Å². The molecule has 0 spiro atoms. The van der Waals surface area contributed by atoms with E-state index < -0.39 is 4.92 Å². The summed E-state index contributed by atoms with van der Waals surface area (Å²) in [4.78, 5) is 24.9. The monoisotopic (exact) mass is 389 g/mol. The van der Waals surface area contributed by atoms with Crippen molar-refractivity contribution in [2.24, 2.45) is 0 Å². The molecule has 0 bridgehead atoms. The highest BCUT2D eigenvalue weighted by Gasteiger charge is 2.29. The van der Waals surface area contributed by atoms with E-state index in [2.05, 4.69) is 21.2 Å². The van der Waals surface area contributed by atoms with Gasteiger partial charge in [0.1, 0.15) is 0 Å². The number of nitrogens with one attached hydrogen (secondary N) is 1. The van der Waals surface area contributed by atoms with E-state index in [4.69, 9.17) is 0 Å². The summed E-state index contributed by atoms with van der Waals surface area (Å²) in [6.07, 6.45) is 0.694. The Bertz CT molecular complexity index is 809. The van der Waals surface area contributed by atoms with Crippen LogP contribution in [0.15, 0.2) is 46.9 Å². The molecule has 1 amide bonds. The molecule has 0 saturated heterocycles. The van der Waals surface area contributed by atoms with Crippen LogP contribution in [-0.4, -0.2) is 23.4 Å². The number of benzene rings is 2. The smallest absolute Gasteiger partial charge is 0.269 e. The van der Waals surface area contributed by atoms with Crippen LogP contribution in [0.5, 0.6) is 0 Å². The van der Waals surface area contributed by atoms with E-state index in [0.29, 0.717) is 6.42 Å². The van der Waals surface area contributed by atoms with Crippen LogP contribution in [-0.2, 0) is 11.2 Å². The Morgan fingerprint density at radius 2 is 2.12 bits per heavy atom. The molecule has 1 unspecified atom stereocenters. The average molecular weight is 390 g/mol. The summed E-state index contributed by atoms with van der Waals surface area (Å²) in [6.45, 7) is 2.21. The van der Waals surface area contributed by atoms with Crippen molar-refractivity contribution in [3.8, 4) is 0 Å². The van der Waals surface area contributed by atoms with E-state index >= 15 is 0 Å². The highest BCUT2D eigenvalue weighted by Crippen LogP contribution is 2.34. The largest absolute Gasteiger partial charge is 0.359 e. The van der Waals surface area contributed by atoms with Crippen LogP contribution in [0, 0.1) is 10.1 Å². The molecule has 2 aromatic rings. The Morgan fingerprint density at radius 3 is 2.83 bits per heavy atom. The number of anilines is 2. The van der Waals surface area contributed by atoms with Gasteiger partial charge in [0, 0.05) is 28.3 Å². The van der Waals surface area contributed by atoms with E-state index in [0.717, 1.165) is 21.4 Å². The van der Waals surface area contributed by atoms with E-state index in [1.165, 1.54) is 6.07 Å². The predicted molar refractivity (Wildman–Crippen MR) is 96.4 cm³/mol. The number of nitro groups is 1. The summed E-state index contributed by atoms with van der Waals surface area (Å²) in [6, 6.07) is 12.3. The highest BCUT2D eigenvalue weighted by molar-refractivity contribution is 9.10. The molecule has 0 radical (unpaired) electrons. The number of amides is 1. The first-order valence-corrected chi connectivity index (χ1v) is 8.33. The number of para-hydroxylation sites is 1. The van der Waals surface area contributed by atoms with E-state index in [1.54, 1.807) is 12.1 Å². The van der Waals surface area contributed by atoms with Gasteiger partial charge in [-0.25, -0.2) is 0 Å². The van der Waals surface area contributed by atoms with Crippen molar-refractivity contribution in [3.05, 3.63) is 62.6 Å². The van der Waals surface area contributed by atoms with Crippen LogP contribution >= 0.6 is 15.9 Å². The summed E-state index contributed by atoms with van der Waals surface area (Å²) in [5, 5.41) is 13.8. The molecule has 2 aromatic carbocycles. The maximum Gasteiger partial charge on any atom is 0.269 e. The maximum atomic E-state index is 12.4. The first-order valence-electron chi connectivity index (χ1n) is 7.54. The summed E-state index contributed by atoms with van der Waals surface area (Å²) in [7, 11) is 0. The van der Waals surface area contributed by atoms with Gasteiger partial charge in [-0.1, -0.05) is 12.1 Å². The lowest BCUT2D eigenvalue weighted by atomic mass is 10.1. The number of rotatable bonds is 4. The number of hydrogen-bond donors (Lipinski definition) is 1. The molecule has 0 aliphatic carbocycles. The number of carbonyl (C=O) groups is 1. The minimum atomic E-state index is -0.396. The van der Waals surface area contributed by atoms with Gasteiger partial charge in [-0.2, -0.15) is 0 Å². The molecule has 0 fully saturated rings. The molecule has 124 valence electrons. The zero-order valence-corrected chi connectivity index (χ0v) is 14.6. The quantitative estimate of drug-likeness (QED) is 0.638. The molecule has 1 heterocycles. The summed E-state index contributed by atoms with van der Waals surface area (Å²) >= 11 is 3.40. The Labute approximate surface area is 147 Å². The fraction of sp³-hybridized carbons (Fsp3) is 0.235. The maximum absolute atomic E-state index is 12.4. The zero-order valence-electron chi connectivity index (χ0n) is 13.0. The predicted octanol–water partition coefficient (Wildman–Crippen LogP) is 3.75. The third-order valence-electron chi connectivity index (χ3n) is 4.09. The van der Waals surface area contributed by atoms with Gasteiger partial charge in [-0.15, -0.1) is 0 Å². The molecule has 1 N–H and O–H groups in total. The van der Waals surface area contributed by atoms with Crippen molar-refractivity contribution >= 4 is 38.9 Å². The molecule has 7 heteroatoms. The van der Waals surface area contributed by atoms with Crippen molar-refractivity contribution in [2.45, 2.75) is 19.4 Å². The molecule has 24 heavy (non-hydrogen) atoms. The topological polar surface area (TPSA) is 75.5 Å². The SMILES string of the molecule is CC1Cc2cc([N+](=O)[O-])ccc2N1CC(=O)Nc1ccccc1Br. The van der Waals surface area contributed by atoms with Crippen molar-refractivity contribution in [3.63, 3.8) is 0 Å². The molecule has 3 rings (SSSR count). The molecule has 1 aliphatic heterocycles. The second-order valence-corrected chi connectivity index (χ2v) is 6.63. The first-order chi connectivity index (χ1) is 11.5. The average Bonchev–Trinajstić information content (AvgIpc) is 2.84. The van der Waals surface area contributed by atoms with Gasteiger partial charge in [-0.3, -0.25) is 14.9 Å². The minimum absolute atomic E-state index is 0.0838. The summed E-state index contributed by atoms with van der Waals surface area (Å²) < 4.78 is 0.823. The van der Waals surface area contributed by atoms with Gasteiger partial charge in [0.25, 0.3) is 5.69 Å². The first kappa shape index (κ1) is 16.4. The standard InChI is InChI=1S/C17H16BrN3O3/c1-11-8-12-9-13(21(23)24)6-7-16(12)20(11)10-17(22)19-15-5-3-2-4-14(15)18/h2-7,9,11H,8,10H2,1H3,(H,19,22). The molecule has 6 nitrogen and oxygen atoms in total. The Hall–Kier alpha value is -2.41. The Balaban J connectivity index is 1.76. The summed E-state index contributed by atoms with van der Waals surface area (Å²) in [5.41, 5.74) is 2.60. The Morgan fingerprint density at radius 1 is 1.38 bits per heavy atom. The number of halogens is 1. The van der Waals surface area contributed by atoms with Crippen molar-refractivity contribution in [1.82, 2.24) is 0 Å². The fourth-order valence-electron chi connectivity index (χ4n) is 2.94. The second kappa shape index (κ2) is 6.60. The van der Waals surface area contributed by atoms with Crippen LogP contribution in [0.3, 0.4) is 0 Å². The normalized spacial score (nSPS) is 15.9. The molecule has 0 aromatic heterocycles. The lowest BCUT2D eigenvalue weighted by molar-refractivity contribution is -0.384. The van der Waals surface area contributed by atoms with E-state index in [9.17, 15) is 14.9 Å². The van der Waals surface area contributed by atoms with Gasteiger partial charge in [-0.05, 0) is 53.0 Å². The van der Waals surface area contributed by atoms with Crippen LogP contribution in [0.25, 0.3) is 0 Å². The number of fused-ring (bicyclic) bond motifs is 1. The zero-order chi connectivity index (χ0) is 17.3. The molecule has 1 aliphatic rings. The molecular formula is C17H16BrN3O3. The number of nitrogens with zero attached hydrogens (tertiary/aromatic N) is 2. The molecule has 0 saturated carbocycles. The van der Waals surface area contributed by atoms with Crippen LogP contribution in [0.2, 0.25) is 0 Å². The summed E-state index contributed by atoms with van der Waals surface area (Å²) in [5.74, 6) is -0.125. The van der Waals surface area contributed by atoms with Crippen LogP contribution in [0.4, 0.5) is 17.1 Å². The highest BCUT2D eigenvalue weighted by atomic mass is 79.9. The molecule has 1 atom stereocenters. The third kappa shape index (κ3) is 3.26. The number of hydrogen-bond acceptors (Lipinski definition) is 4. The minimum Gasteiger partial charge on any atom is -0.359 e. The lowest BCUT2D eigenvalue weighted by Gasteiger charge is -2.24. The number of non-ortho nitro benzene ring substituents is 1.